The molecule has 2 rings (SSSR count). The van der Waals surface area contributed by atoms with E-state index in [1.54, 1.807) is 12.1 Å². The molecule has 1 atom stereocenters. The lowest BCUT2D eigenvalue weighted by molar-refractivity contribution is 0.0698. The van der Waals surface area contributed by atoms with Crippen molar-refractivity contribution in [3.8, 4) is 0 Å². The lowest BCUT2D eigenvalue weighted by atomic mass is 10.1. The molecular weight excluding hydrogens is 264 g/mol. The average molecular weight is 284 g/mol. The minimum Gasteiger partial charge on any atom is -0.478 e. The Kier molecular flexibility index (Phi) is 4.82. The van der Waals surface area contributed by atoms with E-state index in [0.717, 1.165) is 18.5 Å². The van der Waals surface area contributed by atoms with Gasteiger partial charge in [-0.2, -0.15) is 0 Å². The maximum atomic E-state index is 10.9. The molecule has 0 aromatic heterocycles. The molecule has 0 aliphatic heterocycles. The molecule has 21 heavy (non-hydrogen) atoms. The first-order chi connectivity index (χ1) is 10.1. The normalized spacial score (nSPS) is 11.9. The van der Waals surface area contributed by atoms with Gasteiger partial charge in [0.25, 0.3) is 0 Å². The molecule has 0 aliphatic rings. The van der Waals surface area contributed by atoms with Crippen molar-refractivity contribution in [2.75, 3.05) is 11.1 Å². The summed E-state index contributed by atoms with van der Waals surface area (Å²) < 4.78 is 0. The highest BCUT2D eigenvalue weighted by molar-refractivity contribution is 5.94. The predicted octanol–water partition coefficient (Wildman–Crippen LogP) is 3.40. The van der Waals surface area contributed by atoms with Crippen LogP contribution in [0.3, 0.4) is 0 Å². The molecule has 4 heteroatoms. The summed E-state index contributed by atoms with van der Waals surface area (Å²) >= 11 is 0. The number of carboxylic acid groups (broad SMARTS) is 1. The molecule has 0 amide bonds. The molecule has 0 bridgehead atoms. The van der Waals surface area contributed by atoms with Crippen LogP contribution in [0.1, 0.15) is 29.3 Å². The molecule has 1 unspecified atom stereocenters. The smallest absolute Gasteiger partial charge is 0.337 e. The first-order valence-electron chi connectivity index (χ1n) is 6.99. The third-order valence-electron chi connectivity index (χ3n) is 3.40. The van der Waals surface area contributed by atoms with Crippen molar-refractivity contribution in [3.05, 3.63) is 59.7 Å². The first kappa shape index (κ1) is 14.9. The maximum Gasteiger partial charge on any atom is 0.337 e. The Morgan fingerprint density at radius 1 is 1.24 bits per heavy atom. The van der Waals surface area contributed by atoms with Crippen molar-refractivity contribution in [3.63, 3.8) is 0 Å². The zero-order chi connectivity index (χ0) is 15.2. The first-order valence-corrected chi connectivity index (χ1v) is 6.99. The second-order valence-electron chi connectivity index (χ2n) is 5.18. The number of anilines is 2. The molecule has 0 spiro atoms. The zero-order valence-electron chi connectivity index (χ0n) is 12.0. The zero-order valence-corrected chi connectivity index (χ0v) is 12.0. The number of rotatable bonds is 6. The summed E-state index contributed by atoms with van der Waals surface area (Å²) in [7, 11) is 0. The molecule has 4 N–H and O–H groups in total. The lowest BCUT2D eigenvalue weighted by Gasteiger charge is -2.16. The second-order valence-corrected chi connectivity index (χ2v) is 5.18. The van der Waals surface area contributed by atoms with Gasteiger partial charge in [-0.1, -0.05) is 30.3 Å². The molecule has 0 radical (unpaired) electrons. The van der Waals surface area contributed by atoms with E-state index in [0.29, 0.717) is 0 Å². The fourth-order valence-electron chi connectivity index (χ4n) is 2.23. The minimum absolute atomic E-state index is 0.137. The number of nitrogens with one attached hydrogen (secondary N) is 1. The molecule has 0 aliphatic carbocycles. The highest BCUT2D eigenvalue weighted by Crippen LogP contribution is 2.19. The van der Waals surface area contributed by atoms with Crippen molar-refractivity contribution >= 4 is 17.3 Å². The molecule has 0 heterocycles. The molecule has 0 saturated heterocycles. The summed E-state index contributed by atoms with van der Waals surface area (Å²) in [4.78, 5) is 10.9. The van der Waals surface area contributed by atoms with Crippen molar-refractivity contribution in [2.45, 2.75) is 25.8 Å². The van der Waals surface area contributed by atoms with Gasteiger partial charge in [0.05, 0.1) is 5.56 Å². The van der Waals surface area contributed by atoms with Crippen molar-refractivity contribution in [1.29, 1.82) is 0 Å². The van der Waals surface area contributed by atoms with E-state index in [1.165, 1.54) is 11.6 Å². The van der Waals surface area contributed by atoms with Crippen molar-refractivity contribution in [2.24, 2.45) is 0 Å². The summed E-state index contributed by atoms with van der Waals surface area (Å²) in [5.74, 6) is -1.00. The van der Waals surface area contributed by atoms with Gasteiger partial charge in [0.1, 0.15) is 0 Å². The van der Waals surface area contributed by atoms with Crippen molar-refractivity contribution < 1.29 is 9.90 Å². The summed E-state index contributed by atoms with van der Waals surface area (Å²) in [5.41, 5.74) is 8.32. The van der Waals surface area contributed by atoms with E-state index in [-0.39, 0.29) is 17.3 Å². The van der Waals surface area contributed by atoms with E-state index in [1.807, 2.05) is 18.2 Å². The van der Waals surface area contributed by atoms with Gasteiger partial charge in [-0.05, 0) is 43.5 Å². The van der Waals surface area contributed by atoms with E-state index in [4.69, 9.17) is 10.8 Å². The number of aryl methyl sites for hydroxylation is 1. The summed E-state index contributed by atoms with van der Waals surface area (Å²) in [5, 5.41) is 12.3. The molecule has 2 aromatic rings. The van der Waals surface area contributed by atoms with Gasteiger partial charge in [-0.15, -0.1) is 0 Å². The van der Waals surface area contributed by atoms with E-state index in [2.05, 4.69) is 24.4 Å². The SMILES string of the molecule is CC(CCc1ccccc1)Nc1ccc(C(=O)O)c(N)c1. The standard InChI is InChI=1S/C17H20N2O2/c1-12(7-8-13-5-3-2-4-6-13)19-14-9-10-15(17(20)21)16(18)11-14/h2-6,9-12,19H,7-8,18H2,1H3,(H,20,21). The largest absolute Gasteiger partial charge is 0.478 e. The Morgan fingerprint density at radius 2 is 1.95 bits per heavy atom. The van der Waals surface area contributed by atoms with Gasteiger partial charge in [-0.3, -0.25) is 0 Å². The number of hydrogen-bond acceptors (Lipinski definition) is 3. The van der Waals surface area contributed by atoms with Crippen LogP contribution < -0.4 is 11.1 Å². The Labute approximate surface area is 124 Å². The van der Waals surface area contributed by atoms with Gasteiger partial charge in [0, 0.05) is 17.4 Å². The van der Waals surface area contributed by atoms with Crippen LogP contribution in [0.25, 0.3) is 0 Å². The Morgan fingerprint density at radius 3 is 2.57 bits per heavy atom. The van der Waals surface area contributed by atoms with Gasteiger partial charge in [-0.25, -0.2) is 4.79 Å². The maximum absolute atomic E-state index is 10.9. The summed E-state index contributed by atoms with van der Waals surface area (Å²) in [6.45, 7) is 2.10. The topological polar surface area (TPSA) is 75.3 Å². The van der Waals surface area contributed by atoms with Crippen LogP contribution >= 0.6 is 0 Å². The van der Waals surface area contributed by atoms with E-state index in [9.17, 15) is 4.79 Å². The number of nitrogen functional groups attached to an aromatic ring is 1. The number of aromatic carboxylic acids is 1. The van der Waals surface area contributed by atoms with Crippen LogP contribution in [0.5, 0.6) is 0 Å². The number of nitrogens with two attached hydrogens (primary N) is 1. The van der Waals surface area contributed by atoms with Crippen LogP contribution in [0.4, 0.5) is 11.4 Å². The summed E-state index contributed by atoms with van der Waals surface area (Å²) in [6.07, 6.45) is 1.99. The highest BCUT2D eigenvalue weighted by Gasteiger charge is 2.09. The van der Waals surface area contributed by atoms with Gasteiger partial charge >= 0.3 is 5.97 Å². The van der Waals surface area contributed by atoms with Crippen LogP contribution in [0.2, 0.25) is 0 Å². The average Bonchev–Trinajstić information content (AvgIpc) is 2.46. The van der Waals surface area contributed by atoms with Crippen LogP contribution in [-0.4, -0.2) is 17.1 Å². The van der Waals surface area contributed by atoms with Gasteiger partial charge in [0.15, 0.2) is 0 Å². The van der Waals surface area contributed by atoms with Gasteiger partial charge < -0.3 is 16.2 Å². The van der Waals surface area contributed by atoms with Gasteiger partial charge in [0.2, 0.25) is 0 Å². The third kappa shape index (κ3) is 4.24. The fraction of sp³-hybridized carbons (Fsp3) is 0.235. The van der Waals surface area contributed by atoms with Crippen LogP contribution in [0.15, 0.2) is 48.5 Å². The number of benzene rings is 2. The van der Waals surface area contributed by atoms with E-state index < -0.39 is 5.97 Å². The van der Waals surface area contributed by atoms with Crippen LogP contribution in [-0.2, 0) is 6.42 Å². The Bertz CT molecular complexity index is 611. The number of carbonyl (C=O) groups is 1. The Balaban J connectivity index is 1.92. The molecule has 110 valence electrons. The van der Waals surface area contributed by atoms with E-state index >= 15 is 0 Å². The number of carboxylic acids is 1. The molecule has 0 fully saturated rings. The highest BCUT2D eigenvalue weighted by atomic mass is 16.4. The second kappa shape index (κ2) is 6.79. The minimum atomic E-state index is -1.00. The lowest BCUT2D eigenvalue weighted by Crippen LogP contribution is -2.16. The van der Waals surface area contributed by atoms with Crippen LogP contribution in [0, 0.1) is 0 Å². The monoisotopic (exact) mass is 284 g/mol. The third-order valence-corrected chi connectivity index (χ3v) is 3.40. The molecule has 0 saturated carbocycles. The quantitative estimate of drug-likeness (QED) is 0.711. The Hall–Kier alpha value is -2.49. The predicted molar refractivity (Wildman–Crippen MR) is 85.7 cm³/mol. The molecule has 2 aromatic carbocycles. The number of hydrogen-bond donors (Lipinski definition) is 3. The molecular formula is C17H20N2O2. The van der Waals surface area contributed by atoms with Crippen molar-refractivity contribution in [1.82, 2.24) is 0 Å². The fourth-order valence-corrected chi connectivity index (χ4v) is 2.23. The summed E-state index contributed by atoms with van der Waals surface area (Å²) in [6, 6.07) is 15.6. The molecule has 4 nitrogen and oxygen atoms in total.